The third-order valence-electron chi connectivity index (χ3n) is 2.47. The molecule has 0 aliphatic carbocycles. The number of anilines is 3. The van der Waals surface area contributed by atoms with Crippen LogP contribution in [0.25, 0.3) is 0 Å². The van der Waals surface area contributed by atoms with E-state index in [0.29, 0.717) is 13.1 Å². The van der Waals surface area contributed by atoms with Gasteiger partial charge in [-0.1, -0.05) is 11.6 Å². The molecule has 0 amide bonds. The Hall–Kier alpha value is -1.95. The van der Waals surface area contributed by atoms with Gasteiger partial charge in [-0.3, -0.25) is 4.68 Å². The van der Waals surface area contributed by atoms with Gasteiger partial charge in [0.1, 0.15) is 5.02 Å². The molecule has 1 aromatic heterocycles. The highest BCUT2D eigenvalue weighted by Crippen LogP contribution is 2.33. The molecule has 5 nitrogen and oxygen atoms in total. The van der Waals surface area contributed by atoms with Gasteiger partial charge in [0, 0.05) is 18.9 Å². The Labute approximate surface area is 109 Å². The van der Waals surface area contributed by atoms with Gasteiger partial charge in [0.15, 0.2) is 5.82 Å². The first-order valence-electron chi connectivity index (χ1n) is 5.34. The number of hydrogen-bond acceptors (Lipinski definition) is 4. The lowest BCUT2D eigenvalue weighted by atomic mass is 10.2. The second-order valence-electron chi connectivity index (χ2n) is 3.75. The van der Waals surface area contributed by atoms with Gasteiger partial charge in [0.2, 0.25) is 0 Å². The summed E-state index contributed by atoms with van der Waals surface area (Å²) in [6, 6.07) is 3.25. The summed E-state index contributed by atoms with van der Waals surface area (Å²) >= 11 is 5.72. The lowest BCUT2D eigenvalue weighted by Crippen LogP contribution is -2.13. The van der Waals surface area contributed by atoms with Gasteiger partial charge >= 0.3 is 0 Å². The molecule has 0 aliphatic heterocycles. The van der Waals surface area contributed by atoms with Crippen molar-refractivity contribution in [2.75, 3.05) is 23.3 Å². The summed E-state index contributed by atoms with van der Waals surface area (Å²) in [7, 11) is 0. The van der Waals surface area contributed by atoms with E-state index < -0.39 is 5.82 Å². The highest BCUT2D eigenvalue weighted by atomic mass is 35.5. The minimum atomic E-state index is -0.630. The normalized spacial score (nSPS) is 10.6. The smallest absolute Gasteiger partial charge is 0.169 e. The predicted octanol–water partition coefficient (Wildman–Crippen LogP) is 1.95. The summed E-state index contributed by atoms with van der Waals surface area (Å²) in [6.45, 7) is 1.07. The second kappa shape index (κ2) is 5.14. The molecule has 0 fully saturated rings. The third kappa shape index (κ3) is 2.48. The van der Waals surface area contributed by atoms with Crippen LogP contribution in [0, 0.1) is 5.82 Å². The maximum absolute atomic E-state index is 13.8. The minimum absolute atomic E-state index is 0.120. The zero-order valence-electron chi connectivity index (χ0n) is 9.53. The quantitative estimate of drug-likeness (QED) is 0.741. The summed E-state index contributed by atoms with van der Waals surface area (Å²) in [6.07, 6.45) is 3.49. The van der Waals surface area contributed by atoms with Crippen molar-refractivity contribution in [3.8, 4) is 0 Å². The molecule has 0 atom stereocenters. The van der Waals surface area contributed by atoms with Crippen LogP contribution in [0.15, 0.2) is 24.5 Å². The molecule has 18 heavy (non-hydrogen) atoms. The van der Waals surface area contributed by atoms with E-state index in [0.717, 1.165) is 0 Å². The first kappa shape index (κ1) is 12.5. The van der Waals surface area contributed by atoms with Crippen LogP contribution in [0.3, 0.4) is 0 Å². The molecular weight excluding hydrogens is 257 g/mol. The van der Waals surface area contributed by atoms with E-state index in [1.165, 1.54) is 6.07 Å². The lowest BCUT2D eigenvalue weighted by Gasteiger charge is -2.12. The molecule has 1 heterocycles. The Kier molecular flexibility index (Phi) is 3.57. The molecule has 0 radical (unpaired) electrons. The SMILES string of the molecule is Nc1cc(N)c(NCCn2cccn2)c(F)c1Cl. The fraction of sp³-hybridized carbons (Fsp3) is 0.182. The summed E-state index contributed by atoms with van der Waals surface area (Å²) < 4.78 is 15.5. The maximum Gasteiger partial charge on any atom is 0.169 e. The van der Waals surface area contributed by atoms with E-state index in [1.54, 1.807) is 10.9 Å². The Morgan fingerprint density at radius 1 is 1.39 bits per heavy atom. The van der Waals surface area contributed by atoms with E-state index in [2.05, 4.69) is 10.4 Å². The highest BCUT2D eigenvalue weighted by molar-refractivity contribution is 6.33. The average Bonchev–Trinajstić information content (AvgIpc) is 2.84. The second-order valence-corrected chi connectivity index (χ2v) is 4.13. The molecule has 5 N–H and O–H groups in total. The molecule has 0 bridgehead atoms. The van der Waals surface area contributed by atoms with Gasteiger partial charge in [-0.2, -0.15) is 5.10 Å². The molecule has 0 aliphatic rings. The van der Waals surface area contributed by atoms with Crippen molar-refractivity contribution in [1.29, 1.82) is 0 Å². The zero-order valence-corrected chi connectivity index (χ0v) is 10.3. The molecule has 7 heteroatoms. The maximum atomic E-state index is 13.8. The number of halogens is 2. The van der Waals surface area contributed by atoms with Gasteiger partial charge < -0.3 is 16.8 Å². The van der Waals surface area contributed by atoms with Crippen molar-refractivity contribution in [3.63, 3.8) is 0 Å². The standard InChI is InChI=1S/C11H13ClFN5/c12-9-7(14)6-8(15)11(10(9)13)16-3-5-18-4-1-2-17-18/h1-2,4,6,16H,3,5,14-15H2. The summed E-state index contributed by atoms with van der Waals surface area (Å²) in [5, 5.41) is 6.80. The Morgan fingerprint density at radius 2 is 2.17 bits per heavy atom. The van der Waals surface area contributed by atoms with E-state index >= 15 is 0 Å². The Balaban J connectivity index is 2.07. The van der Waals surface area contributed by atoms with Crippen LogP contribution in [0.5, 0.6) is 0 Å². The van der Waals surface area contributed by atoms with E-state index in [9.17, 15) is 4.39 Å². The number of benzene rings is 1. The first-order valence-corrected chi connectivity index (χ1v) is 5.71. The van der Waals surface area contributed by atoms with Gasteiger partial charge in [-0.15, -0.1) is 0 Å². The van der Waals surface area contributed by atoms with Crippen molar-refractivity contribution in [1.82, 2.24) is 9.78 Å². The number of nitrogens with zero attached hydrogens (tertiary/aromatic N) is 2. The fourth-order valence-electron chi connectivity index (χ4n) is 1.57. The van der Waals surface area contributed by atoms with E-state index in [4.69, 9.17) is 23.1 Å². The van der Waals surface area contributed by atoms with Gasteiger partial charge in [-0.05, 0) is 12.1 Å². The van der Waals surface area contributed by atoms with Crippen molar-refractivity contribution in [3.05, 3.63) is 35.4 Å². The number of nitrogens with two attached hydrogens (primary N) is 2. The molecule has 0 saturated carbocycles. The number of nitrogen functional groups attached to an aromatic ring is 2. The minimum Gasteiger partial charge on any atom is -0.397 e. The fourth-order valence-corrected chi connectivity index (χ4v) is 1.72. The Morgan fingerprint density at radius 3 is 2.83 bits per heavy atom. The van der Waals surface area contributed by atoms with Gasteiger partial charge in [-0.25, -0.2) is 4.39 Å². The molecule has 2 aromatic rings. The number of nitrogens with one attached hydrogen (secondary N) is 1. The van der Waals surface area contributed by atoms with Crippen LogP contribution < -0.4 is 16.8 Å². The first-order chi connectivity index (χ1) is 8.59. The molecule has 0 saturated heterocycles. The van der Waals surface area contributed by atoms with Crippen LogP contribution in [0.1, 0.15) is 0 Å². The van der Waals surface area contributed by atoms with Crippen molar-refractivity contribution < 1.29 is 4.39 Å². The van der Waals surface area contributed by atoms with Gasteiger partial charge in [0.05, 0.1) is 23.6 Å². The summed E-state index contributed by atoms with van der Waals surface area (Å²) in [4.78, 5) is 0. The molecule has 96 valence electrons. The van der Waals surface area contributed by atoms with Crippen LogP contribution >= 0.6 is 11.6 Å². The van der Waals surface area contributed by atoms with Crippen molar-refractivity contribution in [2.24, 2.45) is 0 Å². The summed E-state index contributed by atoms with van der Waals surface area (Å²) in [5.41, 5.74) is 11.7. The van der Waals surface area contributed by atoms with Crippen molar-refractivity contribution >= 4 is 28.7 Å². The Bertz CT molecular complexity index is 541. The lowest BCUT2D eigenvalue weighted by molar-refractivity contribution is 0.619. The molecule has 0 unspecified atom stereocenters. The van der Waals surface area contributed by atoms with Crippen LogP contribution in [-0.4, -0.2) is 16.3 Å². The van der Waals surface area contributed by atoms with E-state index in [-0.39, 0.29) is 22.1 Å². The zero-order chi connectivity index (χ0) is 13.1. The molecule has 2 rings (SSSR count). The van der Waals surface area contributed by atoms with Crippen LogP contribution in [-0.2, 0) is 6.54 Å². The number of hydrogen-bond donors (Lipinski definition) is 3. The summed E-state index contributed by atoms with van der Waals surface area (Å²) in [5.74, 6) is -0.630. The van der Waals surface area contributed by atoms with Crippen molar-refractivity contribution in [2.45, 2.75) is 6.54 Å². The highest BCUT2D eigenvalue weighted by Gasteiger charge is 2.13. The number of aromatic nitrogens is 2. The number of rotatable bonds is 4. The monoisotopic (exact) mass is 269 g/mol. The average molecular weight is 270 g/mol. The van der Waals surface area contributed by atoms with Gasteiger partial charge in [0.25, 0.3) is 0 Å². The third-order valence-corrected chi connectivity index (χ3v) is 2.85. The topological polar surface area (TPSA) is 81.9 Å². The molecule has 0 spiro atoms. The predicted molar refractivity (Wildman–Crippen MR) is 71.0 cm³/mol. The largest absolute Gasteiger partial charge is 0.397 e. The van der Waals surface area contributed by atoms with Crippen LogP contribution in [0.2, 0.25) is 5.02 Å². The molecule has 1 aromatic carbocycles. The molecular formula is C11H13ClFN5. The van der Waals surface area contributed by atoms with Crippen LogP contribution in [0.4, 0.5) is 21.5 Å². The van der Waals surface area contributed by atoms with E-state index in [1.807, 2.05) is 12.3 Å².